The van der Waals surface area contributed by atoms with Crippen molar-refractivity contribution in [3.05, 3.63) is 0 Å². The van der Waals surface area contributed by atoms with Crippen LogP contribution in [0.4, 0.5) is 4.79 Å². The number of likely N-dealkylation sites (tertiary alicyclic amines) is 1. The number of carbonyl (C=O) groups is 2. The largest absolute Gasteiger partial charge is 0.480 e. The average Bonchev–Trinajstić information content (AvgIpc) is 2.84. The Morgan fingerprint density at radius 1 is 1.29 bits per heavy atom. The first-order chi connectivity index (χ1) is 10.1. The maximum absolute atomic E-state index is 11.9. The Bertz CT molecular complexity index is 339. The number of urea groups is 1. The van der Waals surface area contributed by atoms with Crippen molar-refractivity contribution in [1.82, 2.24) is 10.2 Å². The minimum atomic E-state index is -1.09. The molecule has 8 nitrogen and oxygen atoms in total. The minimum Gasteiger partial charge on any atom is -0.480 e. The van der Waals surface area contributed by atoms with E-state index in [9.17, 15) is 14.7 Å². The van der Waals surface area contributed by atoms with Crippen molar-refractivity contribution in [3.8, 4) is 0 Å². The zero-order valence-electron chi connectivity index (χ0n) is 12.3. The lowest BCUT2D eigenvalue weighted by Gasteiger charge is -2.21. The summed E-state index contributed by atoms with van der Waals surface area (Å²) in [6.45, 7) is 2.22. The van der Waals surface area contributed by atoms with Crippen LogP contribution >= 0.6 is 0 Å². The molecule has 0 radical (unpaired) electrons. The summed E-state index contributed by atoms with van der Waals surface area (Å²) in [4.78, 5) is 24.0. The standard InChI is InChI=1S/C13H24N2O6/c1-20-6-7-21-5-3-2-4-14-13(19)15-9-10(16)8-11(15)12(17)18/h10-11,16H,2-9H2,1H3,(H,14,19)(H,17,18)/t10?,11-/m0/s1. The van der Waals surface area contributed by atoms with Gasteiger partial charge >= 0.3 is 12.0 Å². The lowest BCUT2D eigenvalue weighted by Crippen LogP contribution is -2.46. The minimum absolute atomic E-state index is 0.0585. The van der Waals surface area contributed by atoms with Gasteiger partial charge in [-0.15, -0.1) is 0 Å². The molecular formula is C13H24N2O6. The van der Waals surface area contributed by atoms with Crippen molar-refractivity contribution in [1.29, 1.82) is 0 Å². The van der Waals surface area contributed by atoms with Crippen molar-refractivity contribution in [2.24, 2.45) is 0 Å². The van der Waals surface area contributed by atoms with Gasteiger partial charge in [0.15, 0.2) is 0 Å². The van der Waals surface area contributed by atoms with Gasteiger partial charge in [-0.2, -0.15) is 0 Å². The molecule has 1 heterocycles. The number of nitrogens with one attached hydrogen (secondary N) is 1. The van der Waals surface area contributed by atoms with Crippen LogP contribution in [0.15, 0.2) is 0 Å². The van der Waals surface area contributed by atoms with Crippen molar-refractivity contribution in [2.45, 2.75) is 31.4 Å². The second-order valence-electron chi connectivity index (χ2n) is 4.94. The number of aliphatic hydroxyl groups is 1. The maximum Gasteiger partial charge on any atom is 0.326 e. The molecule has 8 heteroatoms. The Hall–Kier alpha value is -1.38. The molecule has 0 saturated carbocycles. The molecular weight excluding hydrogens is 280 g/mol. The van der Waals surface area contributed by atoms with Gasteiger partial charge in [-0.3, -0.25) is 0 Å². The number of hydrogen-bond donors (Lipinski definition) is 3. The number of hydrogen-bond acceptors (Lipinski definition) is 5. The van der Waals surface area contributed by atoms with Crippen molar-refractivity contribution in [2.75, 3.05) is 40.0 Å². The molecule has 1 fully saturated rings. The summed E-state index contributed by atoms with van der Waals surface area (Å²) in [5.74, 6) is -1.09. The van der Waals surface area contributed by atoms with E-state index < -0.39 is 24.1 Å². The van der Waals surface area contributed by atoms with E-state index in [1.54, 1.807) is 7.11 Å². The SMILES string of the molecule is COCCOCCCCNC(=O)N1CC(O)C[C@H]1C(=O)O. The highest BCUT2D eigenvalue weighted by molar-refractivity contribution is 5.83. The number of nitrogens with zero attached hydrogens (tertiary/aromatic N) is 1. The Balaban J connectivity index is 2.14. The quantitative estimate of drug-likeness (QED) is 0.503. The number of unbranched alkanes of at least 4 members (excludes halogenated alkanes) is 1. The highest BCUT2D eigenvalue weighted by atomic mass is 16.5. The van der Waals surface area contributed by atoms with E-state index in [-0.39, 0.29) is 13.0 Å². The lowest BCUT2D eigenvalue weighted by molar-refractivity contribution is -0.141. The molecule has 1 unspecified atom stereocenters. The molecule has 1 saturated heterocycles. The second-order valence-corrected chi connectivity index (χ2v) is 4.94. The second kappa shape index (κ2) is 9.54. The van der Waals surface area contributed by atoms with E-state index in [0.29, 0.717) is 26.4 Å². The zero-order valence-corrected chi connectivity index (χ0v) is 12.3. The van der Waals surface area contributed by atoms with Gasteiger partial charge < -0.3 is 29.9 Å². The number of β-amino-alcohol motifs (C(OH)–C–C–N with tert-alkyl or cyclic N) is 1. The third kappa shape index (κ3) is 6.28. The molecule has 1 aliphatic heterocycles. The number of amides is 2. The first-order valence-corrected chi connectivity index (χ1v) is 7.08. The Morgan fingerprint density at radius 3 is 2.71 bits per heavy atom. The summed E-state index contributed by atoms with van der Waals surface area (Å²) in [5.41, 5.74) is 0. The highest BCUT2D eigenvalue weighted by Crippen LogP contribution is 2.17. The molecule has 0 aromatic carbocycles. The maximum atomic E-state index is 11.9. The molecule has 0 spiro atoms. The van der Waals surface area contributed by atoms with Gasteiger partial charge in [0.2, 0.25) is 0 Å². The van der Waals surface area contributed by atoms with Crippen LogP contribution in [-0.4, -0.2) is 79.3 Å². The summed E-state index contributed by atoms with van der Waals surface area (Å²) in [5, 5.41) is 21.1. The summed E-state index contributed by atoms with van der Waals surface area (Å²) < 4.78 is 10.1. The van der Waals surface area contributed by atoms with Crippen LogP contribution in [0.25, 0.3) is 0 Å². The predicted molar refractivity (Wildman–Crippen MR) is 74.1 cm³/mol. The number of carboxylic acid groups (broad SMARTS) is 1. The van der Waals surface area contributed by atoms with E-state index in [2.05, 4.69) is 5.32 Å². The number of methoxy groups -OCH3 is 1. The smallest absolute Gasteiger partial charge is 0.326 e. The van der Waals surface area contributed by atoms with Crippen LogP contribution in [0.2, 0.25) is 0 Å². The molecule has 122 valence electrons. The Morgan fingerprint density at radius 2 is 2.05 bits per heavy atom. The molecule has 21 heavy (non-hydrogen) atoms. The Labute approximate surface area is 124 Å². The molecule has 0 aliphatic carbocycles. The van der Waals surface area contributed by atoms with Crippen molar-refractivity contribution < 1.29 is 29.3 Å². The van der Waals surface area contributed by atoms with E-state index in [0.717, 1.165) is 12.8 Å². The van der Waals surface area contributed by atoms with E-state index in [4.69, 9.17) is 14.6 Å². The van der Waals surface area contributed by atoms with Crippen LogP contribution in [-0.2, 0) is 14.3 Å². The first-order valence-electron chi connectivity index (χ1n) is 7.08. The molecule has 1 aliphatic rings. The number of rotatable bonds is 9. The van der Waals surface area contributed by atoms with Gasteiger partial charge in [0.1, 0.15) is 6.04 Å². The van der Waals surface area contributed by atoms with Gasteiger partial charge in [-0.05, 0) is 12.8 Å². The monoisotopic (exact) mass is 304 g/mol. The zero-order chi connectivity index (χ0) is 15.7. The summed E-state index contributed by atoms with van der Waals surface area (Å²) in [6.07, 6.45) is 0.851. The van der Waals surface area contributed by atoms with E-state index in [1.165, 1.54) is 4.90 Å². The highest BCUT2D eigenvalue weighted by Gasteiger charge is 2.38. The Kier molecular flexibility index (Phi) is 8.03. The number of aliphatic carboxylic acids is 1. The van der Waals surface area contributed by atoms with Crippen LogP contribution in [0.3, 0.4) is 0 Å². The molecule has 0 aromatic rings. The van der Waals surface area contributed by atoms with Gasteiger partial charge in [0, 0.05) is 33.2 Å². The molecule has 2 amide bonds. The third-order valence-electron chi connectivity index (χ3n) is 3.25. The summed E-state index contributed by atoms with van der Waals surface area (Å²) in [7, 11) is 1.61. The molecule has 0 aromatic heterocycles. The van der Waals surface area contributed by atoms with Gasteiger partial charge in [-0.25, -0.2) is 9.59 Å². The fourth-order valence-corrected chi connectivity index (χ4v) is 2.14. The van der Waals surface area contributed by atoms with Crippen LogP contribution in [0, 0.1) is 0 Å². The van der Waals surface area contributed by atoms with Crippen molar-refractivity contribution >= 4 is 12.0 Å². The number of carboxylic acids is 1. The molecule has 0 bridgehead atoms. The molecule has 2 atom stereocenters. The summed E-state index contributed by atoms with van der Waals surface area (Å²) in [6, 6.07) is -1.39. The molecule has 3 N–H and O–H groups in total. The first kappa shape index (κ1) is 17.7. The average molecular weight is 304 g/mol. The predicted octanol–water partition coefficient (Wildman–Crippen LogP) is -0.341. The molecule has 1 rings (SSSR count). The van der Waals surface area contributed by atoms with Crippen LogP contribution < -0.4 is 5.32 Å². The van der Waals surface area contributed by atoms with Gasteiger partial charge in [0.25, 0.3) is 0 Å². The number of carbonyl (C=O) groups excluding carboxylic acids is 1. The fraction of sp³-hybridized carbons (Fsp3) is 0.846. The third-order valence-corrected chi connectivity index (χ3v) is 3.25. The number of ether oxygens (including phenoxy) is 2. The lowest BCUT2D eigenvalue weighted by atomic mass is 10.2. The number of aliphatic hydroxyl groups excluding tert-OH is 1. The van der Waals surface area contributed by atoms with Crippen molar-refractivity contribution in [3.63, 3.8) is 0 Å². The normalized spacial score (nSPS) is 21.5. The van der Waals surface area contributed by atoms with E-state index >= 15 is 0 Å². The van der Waals surface area contributed by atoms with Gasteiger partial charge in [0.05, 0.1) is 19.3 Å². The van der Waals surface area contributed by atoms with Gasteiger partial charge in [-0.1, -0.05) is 0 Å². The van der Waals surface area contributed by atoms with E-state index in [1.807, 2.05) is 0 Å². The topological polar surface area (TPSA) is 108 Å². The van der Waals surface area contributed by atoms with Crippen LogP contribution in [0.5, 0.6) is 0 Å². The summed E-state index contributed by atoms with van der Waals surface area (Å²) >= 11 is 0. The fourth-order valence-electron chi connectivity index (χ4n) is 2.14. The van der Waals surface area contributed by atoms with Crippen LogP contribution in [0.1, 0.15) is 19.3 Å².